The number of aryl methyl sites for hydroxylation is 1. The Hall–Kier alpha value is -0.970. The van der Waals surface area contributed by atoms with E-state index in [4.69, 9.17) is 0 Å². The molecule has 2 heterocycles. The Bertz CT molecular complexity index is 437. The van der Waals surface area contributed by atoms with Crippen LogP contribution in [0.1, 0.15) is 11.1 Å². The summed E-state index contributed by atoms with van der Waals surface area (Å²) in [5.41, 5.74) is 1.97. The van der Waals surface area contributed by atoms with Crippen LogP contribution in [0.15, 0.2) is 18.2 Å². The standard InChI is InChI=1S/C15H22FN3/c1-12-8-13(2-3-15(12)16)9-18-10-14(11-18)19-6-4-17-5-7-19/h2-3,8,14,17H,4-7,9-11H2,1H3. The molecule has 0 saturated carbocycles. The molecule has 0 aliphatic carbocycles. The van der Waals surface area contributed by atoms with Gasteiger partial charge in [0.05, 0.1) is 0 Å². The molecular formula is C15H22FN3. The fourth-order valence-electron chi connectivity index (χ4n) is 3.01. The molecular weight excluding hydrogens is 241 g/mol. The van der Waals surface area contributed by atoms with Crippen molar-refractivity contribution in [1.29, 1.82) is 0 Å². The molecule has 19 heavy (non-hydrogen) atoms. The number of nitrogens with one attached hydrogen (secondary N) is 1. The van der Waals surface area contributed by atoms with Gasteiger partial charge in [-0.25, -0.2) is 4.39 Å². The third-order valence-electron chi connectivity index (χ3n) is 4.23. The number of likely N-dealkylation sites (tertiary alicyclic amines) is 1. The molecule has 3 nitrogen and oxygen atoms in total. The topological polar surface area (TPSA) is 18.5 Å². The van der Waals surface area contributed by atoms with Crippen LogP contribution < -0.4 is 5.32 Å². The molecule has 0 bridgehead atoms. The summed E-state index contributed by atoms with van der Waals surface area (Å²) in [6, 6.07) is 6.18. The van der Waals surface area contributed by atoms with E-state index in [1.807, 2.05) is 19.1 Å². The Morgan fingerprint density at radius 3 is 2.68 bits per heavy atom. The molecule has 2 saturated heterocycles. The molecule has 2 aliphatic heterocycles. The Kier molecular flexibility index (Phi) is 3.82. The van der Waals surface area contributed by atoms with Gasteiger partial charge in [0.2, 0.25) is 0 Å². The lowest BCUT2D eigenvalue weighted by molar-refractivity contribution is 0.0223. The number of halogens is 1. The highest BCUT2D eigenvalue weighted by molar-refractivity contribution is 5.24. The number of benzene rings is 1. The van der Waals surface area contributed by atoms with Gasteiger partial charge in [0.25, 0.3) is 0 Å². The summed E-state index contributed by atoms with van der Waals surface area (Å²) in [5.74, 6) is -0.106. The second kappa shape index (κ2) is 5.57. The van der Waals surface area contributed by atoms with Crippen LogP contribution in [0.2, 0.25) is 0 Å². The van der Waals surface area contributed by atoms with E-state index >= 15 is 0 Å². The summed E-state index contributed by atoms with van der Waals surface area (Å²) in [7, 11) is 0. The third kappa shape index (κ3) is 2.96. The smallest absolute Gasteiger partial charge is 0.126 e. The Labute approximate surface area is 114 Å². The van der Waals surface area contributed by atoms with Gasteiger partial charge in [-0.05, 0) is 24.1 Å². The lowest BCUT2D eigenvalue weighted by Gasteiger charge is -2.47. The van der Waals surface area contributed by atoms with Crippen molar-refractivity contribution in [3.8, 4) is 0 Å². The number of piperazine rings is 1. The van der Waals surface area contributed by atoms with Gasteiger partial charge < -0.3 is 5.32 Å². The first-order chi connectivity index (χ1) is 9.22. The first kappa shape index (κ1) is 13.0. The lowest BCUT2D eigenvalue weighted by atomic mass is 10.0. The molecule has 2 aliphatic rings. The van der Waals surface area contributed by atoms with Crippen molar-refractivity contribution in [1.82, 2.24) is 15.1 Å². The minimum atomic E-state index is -0.106. The largest absolute Gasteiger partial charge is 0.314 e. The Morgan fingerprint density at radius 2 is 2.00 bits per heavy atom. The average Bonchev–Trinajstić information content (AvgIpc) is 2.38. The summed E-state index contributed by atoms with van der Waals surface area (Å²) in [4.78, 5) is 5.03. The van der Waals surface area contributed by atoms with Gasteiger partial charge in [0.1, 0.15) is 5.82 Å². The maximum atomic E-state index is 13.2. The fourth-order valence-corrected chi connectivity index (χ4v) is 3.01. The van der Waals surface area contributed by atoms with E-state index in [1.165, 1.54) is 18.7 Å². The maximum Gasteiger partial charge on any atom is 0.126 e. The Balaban J connectivity index is 1.49. The molecule has 1 aromatic rings. The zero-order valence-corrected chi connectivity index (χ0v) is 11.5. The monoisotopic (exact) mass is 263 g/mol. The number of hydrogen-bond acceptors (Lipinski definition) is 3. The third-order valence-corrected chi connectivity index (χ3v) is 4.23. The fraction of sp³-hybridized carbons (Fsp3) is 0.600. The molecule has 0 aromatic heterocycles. The molecule has 0 atom stereocenters. The molecule has 0 spiro atoms. The summed E-state index contributed by atoms with van der Waals surface area (Å²) in [6.07, 6.45) is 0. The van der Waals surface area contributed by atoms with Crippen molar-refractivity contribution >= 4 is 0 Å². The van der Waals surface area contributed by atoms with E-state index in [0.717, 1.165) is 44.3 Å². The van der Waals surface area contributed by atoms with E-state index in [9.17, 15) is 4.39 Å². The van der Waals surface area contributed by atoms with Gasteiger partial charge in [-0.2, -0.15) is 0 Å². The van der Waals surface area contributed by atoms with Crippen LogP contribution in [0, 0.1) is 12.7 Å². The molecule has 0 radical (unpaired) electrons. The molecule has 2 fully saturated rings. The molecule has 1 aromatic carbocycles. The summed E-state index contributed by atoms with van der Waals surface area (Å²) in [6.45, 7) is 9.67. The van der Waals surface area contributed by atoms with Crippen molar-refractivity contribution in [2.45, 2.75) is 19.5 Å². The molecule has 4 heteroatoms. The highest BCUT2D eigenvalue weighted by Gasteiger charge is 2.31. The van der Waals surface area contributed by atoms with Crippen LogP contribution in [0.4, 0.5) is 4.39 Å². The van der Waals surface area contributed by atoms with Crippen molar-refractivity contribution in [2.75, 3.05) is 39.3 Å². The molecule has 104 valence electrons. The molecule has 3 rings (SSSR count). The van der Waals surface area contributed by atoms with E-state index in [-0.39, 0.29) is 5.82 Å². The summed E-state index contributed by atoms with van der Waals surface area (Å²) < 4.78 is 13.2. The zero-order valence-electron chi connectivity index (χ0n) is 11.5. The van der Waals surface area contributed by atoms with Gasteiger partial charge in [0, 0.05) is 51.9 Å². The number of hydrogen-bond donors (Lipinski definition) is 1. The van der Waals surface area contributed by atoms with Gasteiger partial charge in [-0.3, -0.25) is 9.80 Å². The number of nitrogens with zero attached hydrogens (tertiary/aromatic N) is 2. The maximum absolute atomic E-state index is 13.2. The number of rotatable bonds is 3. The molecule has 1 N–H and O–H groups in total. The van der Waals surface area contributed by atoms with Crippen molar-refractivity contribution < 1.29 is 4.39 Å². The lowest BCUT2D eigenvalue weighted by Crippen LogP contribution is -2.62. The summed E-state index contributed by atoms with van der Waals surface area (Å²) in [5, 5.41) is 3.39. The minimum absolute atomic E-state index is 0.106. The van der Waals surface area contributed by atoms with Gasteiger partial charge in [0.15, 0.2) is 0 Å². The van der Waals surface area contributed by atoms with Crippen LogP contribution in [0.3, 0.4) is 0 Å². The molecule has 0 amide bonds. The van der Waals surface area contributed by atoms with Crippen LogP contribution >= 0.6 is 0 Å². The van der Waals surface area contributed by atoms with E-state index in [2.05, 4.69) is 15.1 Å². The van der Waals surface area contributed by atoms with Gasteiger partial charge in [-0.15, -0.1) is 0 Å². The van der Waals surface area contributed by atoms with E-state index in [0.29, 0.717) is 0 Å². The zero-order chi connectivity index (χ0) is 13.2. The normalized spacial score (nSPS) is 22.4. The predicted octanol–water partition coefficient (Wildman–Crippen LogP) is 1.22. The average molecular weight is 263 g/mol. The van der Waals surface area contributed by atoms with Crippen LogP contribution in [-0.4, -0.2) is 55.1 Å². The van der Waals surface area contributed by atoms with E-state index < -0.39 is 0 Å². The van der Waals surface area contributed by atoms with Crippen LogP contribution in [-0.2, 0) is 6.54 Å². The SMILES string of the molecule is Cc1cc(CN2CC(N3CCNCC3)C2)ccc1F. The van der Waals surface area contributed by atoms with E-state index in [1.54, 1.807) is 6.07 Å². The van der Waals surface area contributed by atoms with Crippen LogP contribution in [0.5, 0.6) is 0 Å². The van der Waals surface area contributed by atoms with Crippen molar-refractivity contribution in [2.24, 2.45) is 0 Å². The Morgan fingerprint density at radius 1 is 1.26 bits per heavy atom. The summed E-state index contributed by atoms with van der Waals surface area (Å²) >= 11 is 0. The first-order valence-electron chi connectivity index (χ1n) is 7.14. The quantitative estimate of drug-likeness (QED) is 0.885. The predicted molar refractivity (Wildman–Crippen MR) is 74.6 cm³/mol. The van der Waals surface area contributed by atoms with Crippen molar-refractivity contribution in [3.63, 3.8) is 0 Å². The second-order valence-electron chi connectivity index (χ2n) is 5.72. The highest BCUT2D eigenvalue weighted by atomic mass is 19.1. The van der Waals surface area contributed by atoms with Gasteiger partial charge >= 0.3 is 0 Å². The van der Waals surface area contributed by atoms with Crippen LogP contribution in [0.25, 0.3) is 0 Å². The highest BCUT2D eigenvalue weighted by Crippen LogP contribution is 2.19. The van der Waals surface area contributed by atoms with Crippen molar-refractivity contribution in [3.05, 3.63) is 35.1 Å². The van der Waals surface area contributed by atoms with Gasteiger partial charge in [-0.1, -0.05) is 12.1 Å². The molecule has 0 unspecified atom stereocenters. The second-order valence-corrected chi connectivity index (χ2v) is 5.72. The first-order valence-corrected chi connectivity index (χ1v) is 7.14. The minimum Gasteiger partial charge on any atom is -0.314 e.